The van der Waals surface area contributed by atoms with Crippen LogP contribution in [-0.2, 0) is 17.6 Å². The molecule has 0 fully saturated rings. The number of thiol groups is 1. The largest absolute Gasteiger partial charge is 0.315 e. The Hall–Kier alpha value is -0.960. The van der Waals surface area contributed by atoms with E-state index in [-0.39, 0.29) is 5.91 Å². The Bertz CT molecular complexity index is 417. The van der Waals surface area contributed by atoms with Gasteiger partial charge in [-0.05, 0) is 54.7 Å². The Kier molecular flexibility index (Phi) is 4.11. The average molecular weight is 249 g/mol. The van der Waals surface area contributed by atoms with Crippen molar-refractivity contribution in [3.63, 3.8) is 0 Å². The van der Waals surface area contributed by atoms with Gasteiger partial charge in [-0.25, -0.2) is 0 Å². The summed E-state index contributed by atoms with van der Waals surface area (Å²) in [6.45, 7) is 0. The monoisotopic (exact) mass is 249 g/mol. The molecule has 0 saturated heterocycles. The Morgan fingerprint density at radius 1 is 1.29 bits per heavy atom. The Morgan fingerprint density at radius 2 is 2.00 bits per heavy atom. The first-order valence-corrected chi connectivity index (χ1v) is 6.85. The molecule has 1 aliphatic rings. The van der Waals surface area contributed by atoms with Gasteiger partial charge in [0.25, 0.3) is 0 Å². The predicted octanol–water partition coefficient (Wildman–Crippen LogP) is 2.85. The molecule has 0 N–H and O–H groups in total. The third kappa shape index (κ3) is 2.83. The zero-order valence-electron chi connectivity index (χ0n) is 10.3. The summed E-state index contributed by atoms with van der Waals surface area (Å²) in [5, 5.41) is 0. The van der Waals surface area contributed by atoms with Crippen LogP contribution in [0.2, 0.25) is 0 Å². The Labute approximate surface area is 108 Å². The minimum Gasteiger partial charge on any atom is -0.315 e. The van der Waals surface area contributed by atoms with Crippen LogP contribution in [0.4, 0.5) is 5.69 Å². The van der Waals surface area contributed by atoms with Gasteiger partial charge >= 0.3 is 0 Å². The molecule has 0 heterocycles. The fraction of sp³-hybridized carbons (Fsp3) is 0.500. The maximum Gasteiger partial charge on any atom is 0.227 e. The normalized spacial score (nSPS) is 14.2. The van der Waals surface area contributed by atoms with Crippen LogP contribution in [0.3, 0.4) is 0 Å². The van der Waals surface area contributed by atoms with Gasteiger partial charge in [0.05, 0.1) is 0 Å². The molecule has 3 heteroatoms. The summed E-state index contributed by atoms with van der Waals surface area (Å²) in [5.41, 5.74) is 3.88. The highest BCUT2D eigenvalue weighted by Gasteiger charge is 2.14. The molecule has 0 saturated carbocycles. The van der Waals surface area contributed by atoms with Gasteiger partial charge in [0.2, 0.25) is 5.91 Å². The number of hydrogen-bond acceptors (Lipinski definition) is 2. The molecule has 1 aliphatic carbocycles. The lowest BCUT2D eigenvalue weighted by atomic mass is 9.91. The molecule has 1 aromatic rings. The van der Waals surface area contributed by atoms with Crippen molar-refractivity contribution >= 4 is 24.2 Å². The van der Waals surface area contributed by atoms with Crippen molar-refractivity contribution < 1.29 is 4.79 Å². The lowest BCUT2D eigenvalue weighted by molar-refractivity contribution is -0.117. The van der Waals surface area contributed by atoms with Crippen molar-refractivity contribution in [3.8, 4) is 0 Å². The summed E-state index contributed by atoms with van der Waals surface area (Å²) in [6, 6.07) is 6.40. The van der Waals surface area contributed by atoms with Crippen LogP contribution in [0.1, 0.15) is 30.4 Å². The number of anilines is 1. The van der Waals surface area contributed by atoms with E-state index in [0.717, 1.165) is 12.1 Å². The first kappa shape index (κ1) is 12.5. The molecule has 17 heavy (non-hydrogen) atoms. The molecule has 92 valence electrons. The molecular formula is C14H19NOS. The fourth-order valence-corrected chi connectivity index (χ4v) is 2.53. The number of carbonyl (C=O) groups excluding carboxylic acids is 1. The molecule has 2 rings (SSSR count). The van der Waals surface area contributed by atoms with Gasteiger partial charge in [0.15, 0.2) is 0 Å². The van der Waals surface area contributed by atoms with Crippen molar-refractivity contribution in [2.75, 3.05) is 17.7 Å². The van der Waals surface area contributed by atoms with Gasteiger partial charge in [0, 0.05) is 19.2 Å². The van der Waals surface area contributed by atoms with Gasteiger partial charge in [-0.15, -0.1) is 0 Å². The van der Waals surface area contributed by atoms with Gasteiger partial charge in [0.1, 0.15) is 0 Å². The van der Waals surface area contributed by atoms with E-state index >= 15 is 0 Å². The van der Waals surface area contributed by atoms with Gasteiger partial charge < -0.3 is 4.90 Å². The topological polar surface area (TPSA) is 20.3 Å². The summed E-state index contributed by atoms with van der Waals surface area (Å²) in [4.78, 5) is 13.5. The van der Waals surface area contributed by atoms with E-state index in [9.17, 15) is 4.79 Å². The summed E-state index contributed by atoms with van der Waals surface area (Å²) in [5.74, 6) is 0.740. The lowest BCUT2D eigenvalue weighted by Gasteiger charge is -2.21. The van der Waals surface area contributed by atoms with Crippen LogP contribution >= 0.6 is 12.6 Å². The van der Waals surface area contributed by atoms with Crippen molar-refractivity contribution in [3.05, 3.63) is 29.3 Å². The highest BCUT2D eigenvalue weighted by Crippen LogP contribution is 2.25. The van der Waals surface area contributed by atoms with Crippen LogP contribution in [0.15, 0.2) is 18.2 Å². The van der Waals surface area contributed by atoms with E-state index in [2.05, 4.69) is 30.8 Å². The van der Waals surface area contributed by atoms with Gasteiger partial charge in [-0.3, -0.25) is 4.79 Å². The number of benzene rings is 1. The van der Waals surface area contributed by atoms with E-state index in [1.165, 1.54) is 30.4 Å². The number of aryl methyl sites for hydroxylation is 2. The molecule has 0 bridgehead atoms. The highest BCUT2D eigenvalue weighted by molar-refractivity contribution is 7.80. The van der Waals surface area contributed by atoms with E-state index in [0.29, 0.717) is 12.2 Å². The first-order chi connectivity index (χ1) is 8.22. The molecule has 0 unspecified atom stereocenters. The van der Waals surface area contributed by atoms with Crippen molar-refractivity contribution in [1.82, 2.24) is 0 Å². The number of rotatable bonds is 3. The third-order valence-corrected chi connectivity index (χ3v) is 3.64. The number of nitrogens with zero attached hydrogens (tertiary/aromatic N) is 1. The van der Waals surface area contributed by atoms with Crippen LogP contribution in [0, 0.1) is 0 Å². The number of fused-ring (bicyclic) bond motifs is 1. The van der Waals surface area contributed by atoms with Crippen molar-refractivity contribution in [2.45, 2.75) is 32.1 Å². The van der Waals surface area contributed by atoms with E-state index < -0.39 is 0 Å². The zero-order chi connectivity index (χ0) is 12.3. The van der Waals surface area contributed by atoms with E-state index in [4.69, 9.17) is 0 Å². The van der Waals surface area contributed by atoms with Crippen LogP contribution in [0.25, 0.3) is 0 Å². The summed E-state index contributed by atoms with van der Waals surface area (Å²) < 4.78 is 0. The molecule has 0 atom stereocenters. The minimum atomic E-state index is 0.135. The standard InChI is InChI=1S/C14H19NOS/c1-15(14(16)8-9-17)13-7-6-11-4-2-3-5-12(11)10-13/h6-7,10,17H,2-5,8-9H2,1H3. The SMILES string of the molecule is CN(C(=O)CCS)c1ccc2c(c1)CCCC2. The van der Waals surface area contributed by atoms with Crippen LogP contribution in [-0.4, -0.2) is 18.7 Å². The Morgan fingerprint density at radius 3 is 2.71 bits per heavy atom. The minimum absolute atomic E-state index is 0.135. The molecule has 0 radical (unpaired) electrons. The third-order valence-electron chi connectivity index (χ3n) is 3.42. The predicted molar refractivity (Wildman–Crippen MR) is 75.0 cm³/mol. The maximum atomic E-state index is 11.8. The molecule has 0 aliphatic heterocycles. The number of amides is 1. The molecule has 1 aromatic carbocycles. The van der Waals surface area contributed by atoms with Gasteiger partial charge in [-0.2, -0.15) is 12.6 Å². The maximum absolute atomic E-state index is 11.8. The number of carbonyl (C=O) groups is 1. The fourth-order valence-electron chi connectivity index (χ4n) is 2.34. The highest BCUT2D eigenvalue weighted by atomic mass is 32.1. The summed E-state index contributed by atoms with van der Waals surface area (Å²) in [6.07, 6.45) is 5.39. The second-order valence-electron chi connectivity index (χ2n) is 4.59. The number of hydrogen-bond donors (Lipinski definition) is 1. The molecule has 0 spiro atoms. The van der Waals surface area contributed by atoms with Gasteiger partial charge in [-0.1, -0.05) is 6.07 Å². The van der Waals surface area contributed by atoms with Crippen LogP contribution < -0.4 is 4.90 Å². The average Bonchev–Trinajstić information content (AvgIpc) is 2.37. The molecular weight excluding hydrogens is 230 g/mol. The lowest BCUT2D eigenvalue weighted by Crippen LogP contribution is -2.26. The quantitative estimate of drug-likeness (QED) is 0.817. The summed E-state index contributed by atoms with van der Waals surface area (Å²) >= 11 is 4.10. The molecule has 0 aromatic heterocycles. The van der Waals surface area contributed by atoms with E-state index in [1.807, 2.05) is 7.05 Å². The second kappa shape index (κ2) is 5.58. The first-order valence-electron chi connectivity index (χ1n) is 6.21. The van der Waals surface area contributed by atoms with E-state index in [1.54, 1.807) is 4.90 Å². The van der Waals surface area contributed by atoms with Crippen molar-refractivity contribution in [2.24, 2.45) is 0 Å². The van der Waals surface area contributed by atoms with Crippen LogP contribution in [0.5, 0.6) is 0 Å². The zero-order valence-corrected chi connectivity index (χ0v) is 11.2. The molecule has 1 amide bonds. The molecule has 2 nitrogen and oxygen atoms in total. The second-order valence-corrected chi connectivity index (χ2v) is 5.03. The Balaban J connectivity index is 2.18. The smallest absolute Gasteiger partial charge is 0.227 e. The van der Waals surface area contributed by atoms with Crippen molar-refractivity contribution in [1.29, 1.82) is 0 Å². The summed E-state index contributed by atoms with van der Waals surface area (Å²) in [7, 11) is 1.84.